The summed E-state index contributed by atoms with van der Waals surface area (Å²) < 4.78 is 10.5. The van der Waals surface area contributed by atoms with Gasteiger partial charge in [-0.1, -0.05) is 12.1 Å². The SMILES string of the molecule is COCC(O)CN1CCC(NCc2ccc3c(c2)CCO3)CC1. The minimum Gasteiger partial charge on any atom is -0.493 e. The van der Waals surface area contributed by atoms with Crippen LogP contribution >= 0.6 is 0 Å². The maximum Gasteiger partial charge on any atom is 0.122 e. The van der Waals surface area contributed by atoms with Gasteiger partial charge in [0.2, 0.25) is 0 Å². The predicted molar refractivity (Wildman–Crippen MR) is 89.8 cm³/mol. The molecule has 0 spiro atoms. The number of nitrogens with zero attached hydrogens (tertiary/aromatic N) is 1. The summed E-state index contributed by atoms with van der Waals surface area (Å²) >= 11 is 0. The second kappa shape index (κ2) is 8.11. The van der Waals surface area contributed by atoms with E-state index in [0.29, 0.717) is 19.2 Å². The number of piperidine rings is 1. The second-order valence-electron chi connectivity index (χ2n) is 6.61. The average Bonchev–Trinajstić information content (AvgIpc) is 3.02. The Labute approximate surface area is 138 Å². The first kappa shape index (κ1) is 16.7. The smallest absolute Gasteiger partial charge is 0.122 e. The third kappa shape index (κ3) is 4.67. The van der Waals surface area contributed by atoms with E-state index in [1.807, 2.05) is 0 Å². The molecule has 1 aromatic rings. The molecule has 1 aromatic carbocycles. The van der Waals surface area contributed by atoms with E-state index in [1.165, 1.54) is 11.1 Å². The molecule has 0 saturated carbocycles. The summed E-state index contributed by atoms with van der Waals surface area (Å²) in [5.41, 5.74) is 2.68. The van der Waals surface area contributed by atoms with Gasteiger partial charge >= 0.3 is 0 Å². The van der Waals surface area contributed by atoms with E-state index < -0.39 is 0 Å². The first-order valence-corrected chi connectivity index (χ1v) is 8.62. The molecule has 2 aliphatic heterocycles. The van der Waals surface area contributed by atoms with Crippen molar-refractivity contribution in [2.24, 2.45) is 0 Å². The Hall–Kier alpha value is -1.14. The highest BCUT2D eigenvalue weighted by atomic mass is 16.5. The van der Waals surface area contributed by atoms with Crippen molar-refractivity contribution in [2.75, 3.05) is 40.0 Å². The van der Waals surface area contributed by atoms with Crippen LogP contribution < -0.4 is 10.1 Å². The van der Waals surface area contributed by atoms with Crippen LogP contribution in [0.15, 0.2) is 18.2 Å². The highest BCUT2D eigenvalue weighted by Crippen LogP contribution is 2.26. The molecule has 5 heteroatoms. The van der Waals surface area contributed by atoms with Crippen molar-refractivity contribution >= 4 is 0 Å². The number of nitrogens with one attached hydrogen (secondary N) is 1. The van der Waals surface area contributed by atoms with Crippen molar-refractivity contribution in [1.82, 2.24) is 10.2 Å². The largest absolute Gasteiger partial charge is 0.493 e. The molecule has 5 nitrogen and oxygen atoms in total. The number of ether oxygens (including phenoxy) is 2. The van der Waals surface area contributed by atoms with Gasteiger partial charge in [-0.05, 0) is 43.1 Å². The number of aliphatic hydroxyl groups is 1. The number of aliphatic hydroxyl groups excluding tert-OH is 1. The molecule has 128 valence electrons. The lowest BCUT2D eigenvalue weighted by atomic mass is 10.0. The van der Waals surface area contributed by atoms with Crippen molar-refractivity contribution in [2.45, 2.75) is 38.0 Å². The van der Waals surface area contributed by atoms with E-state index in [9.17, 15) is 5.11 Å². The lowest BCUT2D eigenvalue weighted by Crippen LogP contribution is -2.45. The molecule has 1 unspecified atom stereocenters. The maximum atomic E-state index is 9.80. The van der Waals surface area contributed by atoms with Crippen molar-refractivity contribution in [3.05, 3.63) is 29.3 Å². The Morgan fingerprint density at radius 3 is 3.00 bits per heavy atom. The zero-order chi connectivity index (χ0) is 16.1. The lowest BCUT2D eigenvalue weighted by Gasteiger charge is -2.33. The van der Waals surface area contributed by atoms with E-state index in [0.717, 1.165) is 51.3 Å². The second-order valence-corrected chi connectivity index (χ2v) is 6.61. The summed E-state index contributed by atoms with van der Waals surface area (Å²) in [6, 6.07) is 7.09. The molecule has 1 fully saturated rings. The number of hydrogen-bond donors (Lipinski definition) is 2. The summed E-state index contributed by atoms with van der Waals surface area (Å²) in [6.45, 7) is 4.95. The topological polar surface area (TPSA) is 54.0 Å². The minimum absolute atomic E-state index is 0.377. The predicted octanol–water partition coefficient (Wildman–Crippen LogP) is 1.18. The van der Waals surface area contributed by atoms with Crippen molar-refractivity contribution in [3.63, 3.8) is 0 Å². The Bertz CT molecular complexity index is 501. The van der Waals surface area contributed by atoms with Crippen LogP contribution in [0.2, 0.25) is 0 Å². The summed E-state index contributed by atoms with van der Waals surface area (Å²) in [5.74, 6) is 1.05. The van der Waals surface area contributed by atoms with Crippen molar-refractivity contribution < 1.29 is 14.6 Å². The van der Waals surface area contributed by atoms with Gasteiger partial charge in [-0.3, -0.25) is 0 Å². The summed E-state index contributed by atoms with van der Waals surface area (Å²) in [4.78, 5) is 2.33. The van der Waals surface area contributed by atoms with Crippen LogP contribution in [0, 0.1) is 0 Å². The van der Waals surface area contributed by atoms with E-state index in [2.05, 4.69) is 28.4 Å². The van der Waals surface area contributed by atoms with Crippen molar-refractivity contribution in [1.29, 1.82) is 0 Å². The molecular formula is C18H28N2O3. The van der Waals surface area contributed by atoms with E-state index in [1.54, 1.807) is 7.11 Å². The van der Waals surface area contributed by atoms with Gasteiger partial charge in [0.25, 0.3) is 0 Å². The van der Waals surface area contributed by atoms with E-state index in [4.69, 9.17) is 9.47 Å². The van der Waals surface area contributed by atoms with E-state index in [-0.39, 0.29) is 6.10 Å². The number of fused-ring (bicyclic) bond motifs is 1. The minimum atomic E-state index is -0.377. The average molecular weight is 320 g/mol. The Morgan fingerprint density at radius 2 is 2.22 bits per heavy atom. The Kier molecular flexibility index (Phi) is 5.89. The van der Waals surface area contributed by atoms with E-state index >= 15 is 0 Å². The van der Waals surface area contributed by atoms with Gasteiger partial charge in [0.1, 0.15) is 5.75 Å². The Morgan fingerprint density at radius 1 is 1.39 bits per heavy atom. The zero-order valence-corrected chi connectivity index (χ0v) is 14.0. The first-order valence-electron chi connectivity index (χ1n) is 8.62. The van der Waals surface area contributed by atoms with Gasteiger partial charge in [0.05, 0.1) is 19.3 Å². The van der Waals surface area contributed by atoms with Crippen LogP contribution in [-0.2, 0) is 17.7 Å². The summed E-state index contributed by atoms with van der Waals surface area (Å²) in [5, 5.41) is 13.5. The number of benzene rings is 1. The normalized spacial score (nSPS) is 20.3. The maximum absolute atomic E-state index is 9.80. The molecular weight excluding hydrogens is 292 g/mol. The third-order valence-corrected chi connectivity index (χ3v) is 4.76. The molecule has 0 bridgehead atoms. The number of methoxy groups -OCH3 is 1. The van der Waals surface area contributed by atoms with Gasteiger partial charge < -0.3 is 24.8 Å². The fraction of sp³-hybridized carbons (Fsp3) is 0.667. The molecule has 2 heterocycles. The standard InChI is InChI=1S/C18H28N2O3/c1-22-13-17(21)12-20-7-4-16(5-8-20)19-11-14-2-3-18-15(10-14)6-9-23-18/h2-3,10,16-17,19,21H,4-9,11-13H2,1H3. The van der Waals surface area contributed by atoms with Gasteiger partial charge in [-0.15, -0.1) is 0 Å². The van der Waals surface area contributed by atoms with Gasteiger partial charge in [-0.2, -0.15) is 0 Å². The molecule has 2 aliphatic rings. The number of rotatable bonds is 7. The fourth-order valence-electron chi connectivity index (χ4n) is 3.47. The van der Waals surface area contributed by atoms with Crippen LogP contribution in [0.3, 0.4) is 0 Å². The number of β-amino-alcohol motifs (C(OH)–C–C–N with tert-alkyl or cyclic N) is 1. The summed E-state index contributed by atoms with van der Waals surface area (Å²) in [7, 11) is 1.63. The first-order chi connectivity index (χ1) is 11.2. The molecule has 1 atom stereocenters. The van der Waals surface area contributed by atoms with Crippen LogP contribution in [-0.4, -0.2) is 62.1 Å². The van der Waals surface area contributed by atoms with Gasteiger partial charge in [0.15, 0.2) is 0 Å². The van der Waals surface area contributed by atoms with Crippen LogP contribution in [0.5, 0.6) is 5.75 Å². The molecule has 23 heavy (non-hydrogen) atoms. The molecule has 0 amide bonds. The quantitative estimate of drug-likeness (QED) is 0.790. The molecule has 0 radical (unpaired) electrons. The highest BCUT2D eigenvalue weighted by molar-refractivity contribution is 5.39. The Balaban J connectivity index is 1.39. The molecule has 1 saturated heterocycles. The van der Waals surface area contributed by atoms with Crippen LogP contribution in [0.1, 0.15) is 24.0 Å². The summed E-state index contributed by atoms with van der Waals surface area (Å²) in [6.07, 6.45) is 2.92. The molecule has 0 aliphatic carbocycles. The molecule has 2 N–H and O–H groups in total. The zero-order valence-electron chi connectivity index (χ0n) is 14.0. The fourth-order valence-corrected chi connectivity index (χ4v) is 3.47. The number of likely N-dealkylation sites (tertiary alicyclic amines) is 1. The third-order valence-electron chi connectivity index (χ3n) is 4.76. The monoisotopic (exact) mass is 320 g/mol. The lowest BCUT2D eigenvalue weighted by molar-refractivity contribution is 0.0310. The van der Waals surface area contributed by atoms with Crippen LogP contribution in [0.4, 0.5) is 0 Å². The highest BCUT2D eigenvalue weighted by Gasteiger charge is 2.21. The van der Waals surface area contributed by atoms with Gasteiger partial charge in [-0.25, -0.2) is 0 Å². The molecule has 0 aromatic heterocycles. The van der Waals surface area contributed by atoms with Gasteiger partial charge in [0, 0.05) is 32.7 Å². The molecule has 3 rings (SSSR count). The van der Waals surface area contributed by atoms with Crippen LogP contribution in [0.25, 0.3) is 0 Å². The number of hydrogen-bond acceptors (Lipinski definition) is 5. The van der Waals surface area contributed by atoms with Crippen molar-refractivity contribution in [3.8, 4) is 5.75 Å².